The summed E-state index contributed by atoms with van der Waals surface area (Å²) in [5.74, 6) is 1.47. The van der Waals surface area contributed by atoms with Gasteiger partial charge in [0.25, 0.3) is 0 Å². The van der Waals surface area contributed by atoms with Crippen LogP contribution in [0.3, 0.4) is 0 Å². The first kappa shape index (κ1) is 12.1. The molecule has 2 heterocycles. The van der Waals surface area contributed by atoms with Crippen LogP contribution in [0, 0.1) is 0 Å². The van der Waals surface area contributed by atoms with E-state index in [1.807, 2.05) is 0 Å². The van der Waals surface area contributed by atoms with Gasteiger partial charge in [-0.25, -0.2) is 9.78 Å². The van der Waals surface area contributed by atoms with Crippen LogP contribution in [-0.2, 0) is 0 Å². The molecular weight excluding hydrogens is 260 g/mol. The van der Waals surface area contributed by atoms with Gasteiger partial charge in [0, 0.05) is 24.0 Å². The highest BCUT2D eigenvalue weighted by molar-refractivity contribution is 5.77. The maximum absolute atomic E-state index is 11.3. The second-order valence-corrected chi connectivity index (χ2v) is 4.12. The maximum atomic E-state index is 11.3. The number of fused-ring (bicyclic) bond motifs is 1. The topological polar surface area (TPSA) is 106 Å². The summed E-state index contributed by atoms with van der Waals surface area (Å²) in [7, 11) is 1.53. The van der Waals surface area contributed by atoms with Crippen molar-refractivity contribution in [2.24, 2.45) is 0 Å². The summed E-state index contributed by atoms with van der Waals surface area (Å²) in [6.45, 7) is 0. The van der Waals surface area contributed by atoms with Crippen LogP contribution >= 0.6 is 0 Å². The summed E-state index contributed by atoms with van der Waals surface area (Å²) in [6.07, 6.45) is 1.55. The number of ether oxygens (including phenoxy) is 2. The minimum atomic E-state index is -0.340. The van der Waals surface area contributed by atoms with E-state index in [1.54, 1.807) is 30.5 Å². The molecule has 0 spiro atoms. The van der Waals surface area contributed by atoms with Crippen LogP contribution in [0.1, 0.15) is 0 Å². The predicted molar refractivity (Wildman–Crippen MR) is 74.2 cm³/mol. The SMILES string of the molecule is COc1cc(N)ccc1Oc1ccnc2[nH]c(=O)[nH]c12. The number of nitrogen functional groups attached to an aromatic ring is 1. The molecule has 0 aliphatic rings. The van der Waals surface area contributed by atoms with Crippen molar-refractivity contribution in [3.63, 3.8) is 0 Å². The van der Waals surface area contributed by atoms with Gasteiger partial charge < -0.3 is 20.2 Å². The Morgan fingerprint density at radius 3 is 2.80 bits per heavy atom. The lowest BCUT2D eigenvalue weighted by atomic mass is 10.3. The first-order valence-corrected chi connectivity index (χ1v) is 5.86. The van der Waals surface area contributed by atoms with Crippen LogP contribution in [0.2, 0.25) is 0 Å². The Balaban J connectivity index is 2.07. The van der Waals surface area contributed by atoms with E-state index in [2.05, 4.69) is 15.0 Å². The Morgan fingerprint density at radius 2 is 2.00 bits per heavy atom. The van der Waals surface area contributed by atoms with Crippen LogP contribution in [0.25, 0.3) is 11.2 Å². The highest BCUT2D eigenvalue weighted by Gasteiger charge is 2.11. The number of aromatic amines is 2. The van der Waals surface area contributed by atoms with E-state index in [9.17, 15) is 4.79 Å². The van der Waals surface area contributed by atoms with E-state index in [0.29, 0.717) is 34.1 Å². The van der Waals surface area contributed by atoms with E-state index >= 15 is 0 Å². The number of nitrogens with two attached hydrogens (primary N) is 1. The van der Waals surface area contributed by atoms with Gasteiger partial charge in [0.05, 0.1) is 7.11 Å². The third kappa shape index (κ3) is 2.05. The van der Waals surface area contributed by atoms with Gasteiger partial charge in [-0.3, -0.25) is 4.98 Å². The van der Waals surface area contributed by atoms with Crippen molar-refractivity contribution in [1.82, 2.24) is 15.0 Å². The van der Waals surface area contributed by atoms with E-state index in [0.717, 1.165) is 0 Å². The largest absolute Gasteiger partial charge is 0.493 e. The van der Waals surface area contributed by atoms with Crippen LogP contribution in [0.15, 0.2) is 35.3 Å². The molecule has 20 heavy (non-hydrogen) atoms. The molecule has 0 bridgehead atoms. The summed E-state index contributed by atoms with van der Waals surface area (Å²) < 4.78 is 11.0. The van der Waals surface area contributed by atoms with Crippen LogP contribution in [-0.4, -0.2) is 22.1 Å². The molecule has 0 fully saturated rings. The third-order valence-corrected chi connectivity index (χ3v) is 2.79. The quantitative estimate of drug-likeness (QED) is 0.628. The number of imidazole rings is 1. The number of hydrogen-bond acceptors (Lipinski definition) is 5. The lowest BCUT2D eigenvalue weighted by molar-refractivity contribution is 0.380. The molecule has 0 atom stereocenters. The van der Waals surface area contributed by atoms with Crippen LogP contribution in [0.4, 0.5) is 5.69 Å². The molecule has 0 saturated carbocycles. The average molecular weight is 272 g/mol. The van der Waals surface area contributed by atoms with Crippen molar-refractivity contribution in [1.29, 1.82) is 0 Å². The average Bonchev–Trinajstić information content (AvgIpc) is 2.82. The first-order valence-electron chi connectivity index (χ1n) is 5.86. The molecule has 0 unspecified atom stereocenters. The second-order valence-electron chi connectivity index (χ2n) is 4.12. The number of anilines is 1. The van der Waals surface area contributed by atoms with E-state index in [1.165, 1.54) is 7.11 Å². The number of methoxy groups -OCH3 is 1. The number of rotatable bonds is 3. The van der Waals surface area contributed by atoms with Gasteiger partial charge in [0.15, 0.2) is 22.9 Å². The van der Waals surface area contributed by atoms with E-state index < -0.39 is 0 Å². The first-order chi connectivity index (χ1) is 9.67. The Labute approximate surface area is 113 Å². The zero-order valence-electron chi connectivity index (χ0n) is 10.6. The Hall–Kier alpha value is -2.96. The van der Waals surface area contributed by atoms with Crippen LogP contribution in [0.5, 0.6) is 17.2 Å². The highest BCUT2D eigenvalue weighted by Crippen LogP contribution is 2.34. The Kier molecular flexibility index (Phi) is 2.79. The summed E-state index contributed by atoms with van der Waals surface area (Å²) >= 11 is 0. The molecule has 1 aromatic carbocycles. The van der Waals surface area contributed by atoms with Gasteiger partial charge in [0.1, 0.15) is 5.52 Å². The van der Waals surface area contributed by atoms with Crippen molar-refractivity contribution in [3.05, 3.63) is 40.9 Å². The summed E-state index contributed by atoms with van der Waals surface area (Å²) in [5, 5.41) is 0. The monoisotopic (exact) mass is 272 g/mol. The molecular formula is C13H12N4O3. The van der Waals surface area contributed by atoms with Gasteiger partial charge in [-0.15, -0.1) is 0 Å². The number of nitrogens with one attached hydrogen (secondary N) is 2. The Bertz CT molecular complexity index is 822. The highest BCUT2D eigenvalue weighted by atomic mass is 16.5. The van der Waals surface area contributed by atoms with Gasteiger partial charge in [-0.05, 0) is 12.1 Å². The minimum Gasteiger partial charge on any atom is -0.493 e. The molecule has 2 aromatic heterocycles. The molecule has 0 aliphatic heterocycles. The summed E-state index contributed by atoms with van der Waals surface area (Å²) in [4.78, 5) is 20.6. The van der Waals surface area contributed by atoms with Crippen molar-refractivity contribution in [2.45, 2.75) is 0 Å². The van der Waals surface area contributed by atoms with Crippen molar-refractivity contribution < 1.29 is 9.47 Å². The molecule has 4 N–H and O–H groups in total. The van der Waals surface area contributed by atoms with Crippen molar-refractivity contribution >= 4 is 16.9 Å². The fourth-order valence-corrected chi connectivity index (χ4v) is 1.88. The van der Waals surface area contributed by atoms with Gasteiger partial charge in [0.2, 0.25) is 0 Å². The molecule has 0 aliphatic carbocycles. The fourth-order valence-electron chi connectivity index (χ4n) is 1.88. The van der Waals surface area contributed by atoms with Gasteiger partial charge >= 0.3 is 5.69 Å². The third-order valence-electron chi connectivity index (χ3n) is 2.79. The van der Waals surface area contributed by atoms with E-state index in [4.69, 9.17) is 15.2 Å². The molecule has 0 radical (unpaired) electrons. The van der Waals surface area contributed by atoms with Crippen LogP contribution < -0.4 is 20.9 Å². The summed E-state index contributed by atoms with van der Waals surface area (Å²) in [6, 6.07) is 6.72. The zero-order chi connectivity index (χ0) is 14.1. The van der Waals surface area contributed by atoms with Crippen molar-refractivity contribution in [3.8, 4) is 17.2 Å². The molecule has 7 nitrogen and oxygen atoms in total. The fraction of sp³-hybridized carbons (Fsp3) is 0.0769. The van der Waals surface area contributed by atoms with E-state index in [-0.39, 0.29) is 5.69 Å². The number of aromatic nitrogens is 3. The smallest absolute Gasteiger partial charge is 0.325 e. The predicted octanol–water partition coefficient (Wildman–Crippen LogP) is 1.63. The number of nitrogens with zero attached hydrogens (tertiary/aromatic N) is 1. The molecule has 0 amide bonds. The normalized spacial score (nSPS) is 10.7. The lowest BCUT2D eigenvalue weighted by Crippen LogP contribution is -1.99. The van der Waals surface area contributed by atoms with Gasteiger partial charge in [-0.1, -0.05) is 0 Å². The molecule has 7 heteroatoms. The molecule has 102 valence electrons. The van der Waals surface area contributed by atoms with Crippen molar-refractivity contribution in [2.75, 3.05) is 12.8 Å². The van der Waals surface area contributed by atoms with Gasteiger partial charge in [-0.2, -0.15) is 0 Å². The molecule has 3 rings (SSSR count). The maximum Gasteiger partial charge on any atom is 0.325 e. The lowest BCUT2D eigenvalue weighted by Gasteiger charge is -2.11. The zero-order valence-corrected chi connectivity index (χ0v) is 10.6. The standard InChI is InChI=1S/C13H12N4O3/c1-19-10-6-7(14)2-3-8(10)20-9-4-5-15-12-11(9)16-13(18)17-12/h2-6H,14H2,1H3,(H2,15,16,17,18). The molecule has 0 saturated heterocycles. The number of H-pyrrole nitrogens is 2. The number of hydrogen-bond donors (Lipinski definition) is 3. The number of benzene rings is 1. The Morgan fingerprint density at radius 1 is 1.15 bits per heavy atom. The number of pyridine rings is 1. The minimum absolute atomic E-state index is 0.340. The summed E-state index contributed by atoms with van der Waals surface area (Å²) in [5.41, 5.74) is 6.85. The second kappa shape index (κ2) is 4.61. The molecule has 3 aromatic rings.